The smallest absolute Gasteiger partial charge is 0.327 e. The summed E-state index contributed by atoms with van der Waals surface area (Å²) in [5, 5.41) is 26.8. The van der Waals surface area contributed by atoms with Crippen LogP contribution in [0.4, 0.5) is 10.3 Å². The van der Waals surface area contributed by atoms with Crippen molar-refractivity contribution < 1.29 is 46.2 Å². The van der Waals surface area contributed by atoms with Crippen molar-refractivity contribution >= 4 is 88.1 Å². The van der Waals surface area contributed by atoms with E-state index >= 15 is 0 Å². The van der Waals surface area contributed by atoms with Crippen LogP contribution in [-0.2, 0) is 43.6 Å². The zero-order chi connectivity index (χ0) is 43.4. The van der Waals surface area contributed by atoms with E-state index in [2.05, 4.69) is 20.6 Å². The predicted octanol–water partition coefficient (Wildman–Crippen LogP) is 7.87. The van der Waals surface area contributed by atoms with E-state index in [1.54, 1.807) is 31.2 Å². The molecule has 322 valence electrons. The molecule has 60 heavy (non-hydrogen) atoms. The van der Waals surface area contributed by atoms with Crippen molar-refractivity contribution in [1.82, 2.24) is 9.97 Å². The van der Waals surface area contributed by atoms with Gasteiger partial charge in [-0.05, 0) is 67.0 Å². The normalized spacial score (nSPS) is 17.2. The fraction of sp³-hybridized carbons (Fsp3) is 0.463. The molecule has 2 saturated carbocycles. The maximum absolute atomic E-state index is 14.0. The van der Waals surface area contributed by atoms with Crippen LogP contribution in [0.2, 0.25) is 0 Å². The number of anilines is 2. The largest absolute Gasteiger partial charge is 0.481 e. The minimum atomic E-state index is -3.46. The molecule has 2 aromatic carbocycles. The number of nitrogens with zero attached hydrogens (tertiary/aromatic N) is 2. The number of nitrogens with one attached hydrogen (secondary N) is 2. The molecule has 0 radical (unpaired) electrons. The van der Waals surface area contributed by atoms with Gasteiger partial charge in [0.15, 0.2) is 34.7 Å². The van der Waals surface area contributed by atoms with Crippen LogP contribution in [0.25, 0.3) is 0 Å². The van der Waals surface area contributed by atoms with E-state index in [1.165, 1.54) is 30.5 Å². The number of thioether (sulfide) groups is 1. The van der Waals surface area contributed by atoms with Gasteiger partial charge in [-0.1, -0.05) is 98.7 Å². The van der Waals surface area contributed by atoms with Crippen LogP contribution in [0, 0.1) is 18.8 Å². The summed E-state index contributed by atoms with van der Waals surface area (Å²) in [6.45, 7) is 1.61. The maximum Gasteiger partial charge on any atom is 0.327 e. The van der Waals surface area contributed by atoms with Crippen molar-refractivity contribution in [2.75, 3.05) is 23.1 Å². The van der Waals surface area contributed by atoms with Crippen LogP contribution in [0.15, 0.2) is 68.7 Å². The number of carboxylic acids is 2. The molecule has 3 unspecified atom stereocenters. The van der Waals surface area contributed by atoms with Crippen molar-refractivity contribution in [2.24, 2.45) is 11.8 Å². The van der Waals surface area contributed by atoms with Crippen LogP contribution in [0.1, 0.15) is 104 Å². The third-order valence-corrected chi connectivity index (χ3v) is 16.8. The summed E-state index contributed by atoms with van der Waals surface area (Å²) in [5.74, 6) is -4.29. The molecule has 4 aromatic rings. The summed E-state index contributed by atoms with van der Waals surface area (Å²) >= 11 is 2.74. The van der Waals surface area contributed by atoms with E-state index in [1.807, 2.05) is 0 Å². The number of carboxylic acid groups (broad SMARTS) is 2. The molecule has 14 nitrogen and oxygen atoms in total. The molecule has 3 atom stereocenters. The Hall–Kier alpha value is -4.17. The van der Waals surface area contributed by atoms with Crippen LogP contribution >= 0.6 is 34.4 Å². The Morgan fingerprint density at radius 2 is 1.20 bits per heavy atom. The summed E-state index contributed by atoms with van der Waals surface area (Å²) in [5.41, 5.74) is 1.23. The van der Waals surface area contributed by atoms with Crippen molar-refractivity contribution in [3.8, 4) is 0 Å². The molecule has 0 bridgehead atoms. The number of carbonyl (C=O) groups is 4. The molecule has 4 N–H and O–H groups in total. The molecule has 6 rings (SSSR count). The Bertz CT molecular complexity index is 2440. The lowest BCUT2D eigenvalue weighted by Gasteiger charge is -2.25. The summed E-state index contributed by atoms with van der Waals surface area (Å²) in [6, 6.07) is 12.5. The molecule has 2 heterocycles. The second-order valence-corrected chi connectivity index (χ2v) is 23.6. The highest BCUT2D eigenvalue weighted by Crippen LogP contribution is 2.49. The minimum Gasteiger partial charge on any atom is -0.481 e. The number of thiazole rings is 2. The van der Waals surface area contributed by atoms with E-state index in [0.717, 1.165) is 98.3 Å². The molecule has 19 heteroatoms. The van der Waals surface area contributed by atoms with Gasteiger partial charge in [-0.15, -0.1) is 11.3 Å². The number of rotatable bonds is 18. The molecular formula is C41H48N4O10S5. The summed E-state index contributed by atoms with van der Waals surface area (Å²) < 4.78 is 46.6. The fourth-order valence-electron chi connectivity index (χ4n) is 8.19. The Balaban J connectivity index is 1.24. The lowest BCUT2D eigenvalue weighted by atomic mass is 9.87. The fourth-order valence-corrected chi connectivity index (χ4v) is 12.8. The van der Waals surface area contributed by atoms with Crippen LogP contribution in [-0.4, -0.2) is 73.3 Å². The highest BCUT2D eigenvalue weighted by atomic mass is 32.2. The van der Waals surface area contributed by atoms with Gasteiger partial charge in [0.25, 0.3) is 0 Å². The highest BCUT2D eigenvalue weighted by molar-refractivity contribution is 8.02. The number of sulfone groups is 2. The second kappa shape index (κ2) is 18.8. The van der Waals surface area contributed by atoms with Gasteiger partial charge in [0, 0.05) is 17.4 Å². The van der Waals surface area contributed by atoms with Crippen LogP contribution in [0.3, 0.4) is 0 Å². The first kappa shape index (κ1) is 45.4. The van der Waals surface area contributed by atoms with Crippen molar-refractivity contribution in [2.45, 2.75) is 108 Å². The highest BCUT2D eigenvalue weighted by Gasteiger charge is 2.48. The van der Waals surface area contributed by atoms with Crippen molar-refractivity contribution in [1.29, 1.82) is 0 Å². The number of aryl methyl sites for hydroxylation is 1. The lowest BCUT2D eigenvalue weighted by Crippen LogP contribution is -2.36. The van der Waals surface area contributed by atoms with Gasteiger partial charge in [-0.25, -0.2) is 26.8 Å². The molecule has 0 aliphatic heterocycles. The number of hydrogen-bond donors (Lipinski definition) is 4. The molecule has 2 aliphatic carbocycles. The number of amides is 2. The Morgan fingerprint density at radius 3 is 1.62 bits per heavy atom. The third kappa shape index (κ3) is 11.0. The van der Waals surface area contributed by atoms with E-state index in [4.69, 9.17) is 0 Å². The van der Waals surface area contributed by atoms with Gasteiger partial charge in [0.1, 0.15) is 0 Å². The van der Waals surface area contributed by atoms with Crippen LogP contribution in [0.5, 0.6) is 0 Å². The maximum atomic E-state index is 14.0. The number of aliphatic carboxylic acids is 2. The summed E-state index contributed by atoms with van der Waals surface area (Å²) in [4.78, 5) is 63.0. The quantitative estimate of drug-likeness (QED) is 0.0698. The topological polar surface area (TPSA) is 227 Å². The molecule has 2 aliphatic rings. The van der Waals surface area contributed by atoms with Gasteiger partial charge in [0.2, 0.25) is 11.8 Å². The standard InChI is InChI=1S/C41H48N4O10S5/c1-24-35(43-40(56-24)45-37(49)32(21-26-10-6-7-11-26)28-14-18-30(19-15-28)60(3,54)55)41(38(50)51,22-33(46)47)58-34-23-42-39(57-34)44-36(48)31(20-25-8-4-5-9-25)27-12-16-29(17-13-27)59(2,52)53/h12-19,23,25-26,31-32H,4-11,20-22H2,1-3H3,(H,46,47)(H,50,51)(H,42,44,48)(H,43,45,49). The van der Waals surface area contributed by atoms with Gasteiger partial charge in [-0.2, -0.15) is 0 Å². The Kier molecular flexibility index (Phi) is 14.2. The first-order chi connectivity index (χ1) is 28.3. The van der Waals surface area contributed by atoms with E-state index < -0.39 is 60.5 Å². The first-order valence-corrected chi connectivity index (χ1v) is 25.9. The average molecular weight is 917 g/mol. The van der Waals surface area contributed by atoms with Crippen molar-refractivity contribution in [3.05, 3.63) is 76.4 Å². The number of benzene rings is 2. The van der Waals surface area contributed by atoms with Crippen molar-refractivity contribution in [3.63, 3.8) is 0 Å². The van der Waals surface area contributed by atoms with E-state index in [0.29, 0.717) is 39.0 Å². The van der Waals surface area contributed by atoms with Crippen LogP contribution < -0.4 is 10.6 Å². The molecule has 2 amide bonds. The predicted molar refractivity (Wildman–Crippen MR) is 231 cm³/mol. The Labute approximate surface area is 361 Å². The molecule has 2 aromatic heterocycles. The van der Waals surface area contributed by atoms with Gasteiger partial charge in [-0.3, -0.25) is 19.2 Å². The first-order valence-electron chi connectivity index (χ1n) is 19.6. The van der Waals surface area contributed by atoms with Gasteiger partial charge in [0.05, 0.1) is 44.1 Å². The molecule has 0 spiro atoms. The lowest BCUT2D eigenvalue weighted by molar-refractivity contribution is -0.146. The SMILES string of the molecule is Cc1sc(NC(=O)C(CC2CCCC2)c2ccc(S(C)(=O)=O)cc2)nc1C(CC(=O)O)(Sc1cnc(NC(=O)C(CC2CCCC2)c2ccc(S(C)(=O)=O)cc2)s1)C(=O)O. The third-order valence-electron chi connectivity index (χ3n) is 11.3. The zero-order valence-corrected chi connectivity index (χ0v) is 37.5. The number of carbonyl (C=O) groups excluding carboxylic acids is 2. The average Bonchev–Trinajstić information content (AvgIpc) is 4.02. The molecule has 2 fully saturated rings. The second-order valence-electron chi connectivity index (χ2n) is 15.8. The summed E-state index contributed by atoms with van der Waals surface area (Å²) in [6.07, 6.45) is 11.9. The van der Waals surface area contributed by atoms with E-state index in [9.17, 15) is 46.2 Å². The van der Waals surface area contributed by atoms with E-state index in [-0.39, 0.29) is 37.6 Å². The summed E-state index contributed by atoms with van der Waals surface area (Å²) in [7, 11) is -6.90. The minimum absolute atomic E-state index is 0.0549. The van der Waals surface area contributed by atoms with Gasteiger partial charge < -0.3 is 20.8 Å². The molecular weight excluding hydrogens is 869 g/mol. The number of aromatic nitrogens is 2. The zero-order valence-electron chi connectivity index (χ0n) is 33.4. The monoisotopic (exact) mass is 916 g/mol. The molecule has 0 saturated heterocycles. The van der Waals surface area contributed by atoms with Gasteiger partial charge >= 0.3 is 11.9 Å². The Morgan fingerprint density at radius 1 is 0.750 bits per heavy atom. The number of hydrogen-bond acceptors (Lipinski definition) is 13.